The molecular weight excluding hydrogens is 262 g/mol. The number of carbonyl (C=O) groups is 3. The highest BCUT2D eigenvalue weighted by Crippen LogP contribution is 2.41. The van der Waals surface area contributed by atoms with Crippen LogP contribution >= 0.6 is 0 Å². The van der Waals surface area contributed by atoms with Gasteiger partial charge in [-0.25, -0.2) is 9.98 Å². The molecule has 0 aromatic heterocycles. The van der Waals surface area contributed by atoms with Crippen molar-refractivity contribution in [3.05, 3.63) is 12.4 Å². The zero-order valence-electron chi connectivity index (χ0n) is 10.2. The number of amidine groups is 1. The minimum atomic E-state index is -1.03. The van der Waals surface area contributed by atoms with Crippen LogP contribution in [0.4, 0.5) is 0 Å². The van der Waals surface area contributed by atoms with Crippen LogP contribution in [0.5, 0.6) is 0 Å². The second-order valence-electron chi connectivity index (χ2n) is 4.67. The number of nitrogens with one attached hydrogen (secondary N) is 2. The van der Waals surface area contributed by atoms with Crippen molar-refractivity contribution in [2.24, 2.45) is 20.9 Å². The normalized spacial score (nSPS) is 30.0. The fraction of sp³-hybridized carbons (Fsp3) is 0.333. The molecule has 3 amide bonds. The van der Waals surface area contributed by atoms with Gasteiger partial charge in [0.25, 0.3) is 11.8 Å². The lowest BCUT2D eigenvalue weighted by Crippen LogP contribution is -2.73. The predicted molar refractivity (Wildman–Crippen MR) is 68.2 cm³/mol. The smallest absolute Gasteiger partial charge is 0.290 e. The topological polar surface area (TPSA) is 112 Å². The number of fused-ring (bicyclic) bond motifs is 2. The lowest BCUT2D eigenvalue weighted by atomic mass is 9.64. The molecule has 8 heteroatoms. The van der Waals surface area contributed by atoms with Gasteiger partial charge >= 0.3 is 0 Å². The highest BCUT2D eigenvalue weighted by molar-refractivity contribution is 6.40. The molecular formula is C12H9N5O3. The number of amides is 3. The monoisotopic (exact) mass is 271 g/mol. The quantitative estimate of drug-likeness (QED) is 0.608. The maximum atomic E-state index is 12.1. The summed E-state index contributed by atoms with van der Waals surface area (Å²) in [5, 5.41) is 4.82. The van der Waals surface area contributed by atoms with Gasteiger partial charge in [0.2, 0.25) is 11.7 Å². The fourth-order valence-corrected chi connectivity index (χ4v) is 2.34. The predicted octanol–water partition coefficient (Wildman–Crippen LogP) is -1.31. The standard InChI is InChI=1S/C12H9N5O3/c18-9-7-5-12(6-7,11(20)16-9)17-10(19)8-14-3-1-13-2-4-15-8/h1,4,7H,5-6H2,(H,17,19)(H,16,18,20). The first kappa shape index (κ1) is 12.2. The summed E-state index contributed by atoms with van der Waals surface area (Å²) in [7, 11) is 0. The van der Waals surface area contributed by atoms with Crippen LogP contribution in [0.1, 0.15) is 12.8 Å². The van der Waals surface area contributed by atoms with Crippen LogP contribution in [0, 0.1) is 5.92 Å². The maximum absolute atomic E-state index is 12.1. The molecule has 100 valence electrons. The number of rotatable bonds is 2. The van der Waals surface area contributed by atoms with Crippen molar-refractivity contribution in [3.63, 3.8) is 0 Å². The summed E-state index contributed by atoms with van der Waals surface area (Å²) in [6, 6.07) is 0. The Morgan fingerprint density at radius 3 is 2.90 bits per heavy atom. The summed E-state index contributed by atoms with van der Waals surface area (Å²) in [6.07, 6.45) is 3.06. The van der Waals surface area contributed by atoms with Crippen molar-refractivity contribution in [3.8, 4) is 0 Å². The highest BCUT2D eigenvalue weighted by Gasteiger charge is 2.58. The van der Waals surface area contributed by atoms with Gasteiger partial charge in [0.1, 0.15) is 5.54 Å². The van der Waals surface area contributed by atoms with E-state index in [2.05, 4.69) is 37.4 Å². The molecule has 1 saturated carbocycles. The SMILES string of the molecule is O=C(NC12CC(C1)C(=O)NC2=O)C1=NC=C=NC=C=N1. The first-order valence-electron chi connectivity index (χ1n) is 5.91. The maximum Gasteiger partial charge on any atom is 0.290 e. The van der Waals surface area contributed by atoms with Gasteiger partial charge in [0, 0.05) is 17.7 Å². The molecule has 2 bridgehead atoms. The van der Waals surface area contributed by atoms with Crippen LogP contribution < -0.4 is 10.6 Å². The van der Waals surface area contributed by atoms with Crippen LogP contribution in [0.15, 0.2) is 27.4 Å². The minimum absolute atomic E-state index is 0.147. The van der Waals surface area contributed by atoms with E-state index in [1.54, 1.807) is 0 Å². The van der Waals surface area contributed by atoms with E-state index < -0.39 is 17.4 Å². The van der Waals surface area contributed by atoms with Gasteiger partial charge in [0.15, 0.2) is 0 Å². The van der Waals surface area contributed by atoms with Crippen LogP contribution in [0.25, 0.3) is 0 Å². The van der Waals surface area contributed by atoms with Gasteiger partial charge in [-0.3, -0.25) is 19.7 Å². The Bertz CT molecular complexity index is 671. The number of nitrogens with zero attached hydrogens (tertiary/aromatic N) is 3. The van der Waals surface area contributed by atoms with Gasteiger partial charge in [-0.05, 0) is 12.8 Å². The van der Waals surface area contributed by atoms with Crippen LogP contribution in [0.2, 0.25) is 0 Å². The first-order valence-corrected chi connectivity index (χ1v) is 5.91. The van der Waals surface area contributed by atoms with E-state index in [0.717, 1.165) is 0 Å². The zero-order chi connectivity index (χ0) is 14.2. The van der Waals surface area contributed by atoms with Gasteiger partial charge in [-0.1, -0.05) is 0 Å². The third kappa shape index (κ3) is 1.89. The van der Waals surface area contributed by atoms with Crippen LogP contribution in [-0.4, -0.2) is 40.8 Å². The van der Waals surface area contributed by atoms with E-state index in [-0.39, 0.29) is 17.7 Å². The molecule has 0 unspecified atom stereocenters. The largest absolute Gasteiger partial charge is 0.335 e. The van der Waals surface area contributed by atoms with Crippen LogP contribution in [0.3, 0.4) is 0 Å². The lowest BCUT2D eigenvalue weighted by molar-refractivity contribution is -0.154. The summed E-state index contributed by atoms with van der Waals surface area (Å²) in [6.45, 7) is 0. The average Bonchev–Trinajstić information content (AvgIpc) is 2.30. The first-order chi connectivity index (χ1) is 9.61. The Morgan fingerprint density at radius 1 is 1.35 bits per heavy atom. The molecule has 0 aromatic carbocycles. The number of hydrogen-bond acceptors (Lipinski definition) is 6. The third-order valence-electron chi connectivity index (χ3n) is 3.40. The number of imide groups is 1. The average molecular weight is 271 g/mol. The number of piperidine rings is 2. The van der Waals surface area contributed by atoms with E-state index >= 15 is 0 Å². The third-order valence-corrected chi connectivity index (χ3v) is 3.40. The van der Waals surface area contributed by atoms with Gasteiger partial charge in [-0.2, -0.15) is 4.99 Å². The number of hydrogen-bond donors (Lipinski definition) is 2. The van der Waals surface area contributed by atoms with E-state index in [9.17, 15) is 14.4 Å². The Morgan fingerprint density at radius 2 is 2.15 bits per heavy atom. The van der Waals surface area contributed by atoms with Crippen molar-refractivity contribution in [1.82, 2.24) is 10.6 Å². The van der Waals surface area contributed by atoms with Gasteiger partial charge in [0.05, 0.1) is 12.4 Å². The molecule has 3 fully saturated rings. The molecule has 8 nitrogen and oxygen atoms in total. The Hall–Kier alpha value is -2.82. The summed E-state index contributed by atoms with van der Waals surface area (Å²) in [5.74, 6) is 3.11. The van der Waals surface area contributed by atoms with Crippen molar-refractivity contribution in [1.29, 1.82) is 0 Å². The minimum Gasteiger partial charge on any atom is -0.335 e. The van der Waals surface area contributed by atoms with Crippen LogP contribution in [-0.2, 0) is 14.4 Å². The molecule has 3 heterocycles. The molecule has 20 heavy (non-hydrogen) atoms. The summed E-state index contributed by atoms with van der Waals surface area (Å²) < 4.78 is 0. The van der Waals surface area contributed by atoms with Crippen molar-refractivity contribution in [2.45, 2.75) is 18.4 Å². The van der Waals surface area contributed by atoms with E-state index in [1.807, 2.05) is 0 Å². The second kappa shape index (κ2) is 4.38. The molecule has 1 aliphatic carbocycles. The molecule has 3 aliphatic heterocycles. The molecule has 2 saturated heterocycles. The molecule has 4 aliphatic rings. The van der Waals surface area contributed by atoms with Gasteiger partial charge < -0.3 is 5.32 Å². The molecule has 0 aromatic rings. The lowest BCUT2D eigenvalue weighted by Gasteiger charge is -2.49. The van der Waals surface area contributed by atoms with E-state index in [4.69, 9.17) is 0 Å². The Labute approximate surface area is 113 Å². The van der Waals surface area contributed by atoms with Crippen molar-refractivity contribution >= 4 is 35.3 Å². The fourth-order valence-electron chi connectivity index (χ4n) is 2.34. The molecule has 0 radical (unpaired) electrons. The Balaban J connectivity index is 1.78. The van der Waals surface area contributed by atoms with E-state index in [0.29, 0.717) is 12.8 Å². The van der Waals surface area contributed by atoms with Crippen molar-refractivity contribution in [2.75, 3.05) is 0 Å². The molecule has 0 atom stereocenters. The molecule has 0 spiro atoms. The molecule has 2 N–H and O–H groups in total. The summed E-state index contributed by atoms with van der Waals surface area (Å²) in [4.78, 5) is 46.3. The van der Waals surface area contributed by atoms with E-state index in [1.165, 1.54) is 12.4 Å². The number of aliphatic imine (C=N–C) groups is 3. The summed E-state index contributed by atoms with van der Waals surface area (Å²) in [5.41, 5.74) is -1.03. The number of carbonyl (C=O) groups excluding carboxylic acids is 3. The highest BCUT2D eigenvalue weighted by atomic mass is 16.2. The Kier molecular flexibility index (Phi) is 2.68. The van der Waals surface area contributed by atoms with Gasteiger partial charge in [-0.15, -0.1) is 0 Å². The summed E-state index contributed by atoms with van der Waals surface area (Å²) >= 11 is 0. The van der Waals surface area contributed by atoms with Crippen molar-refractivity contribution < 1.29 is 14.4 Å². The zero-order valence-corrected chi connectivity index (χ0v) is 10.2. The second-order valence-corrected chi connectivity index (χ2v) is 4.67. The molecule has 4 rings (SSSR count).